The van der Waals surface area contributed by atoms with Crippen LogP contribution in [0.2, 0.25) is 0 Å². The number of carboxylic acids is 1. The van der Waals surface area contributed by atoms with Crippen LogP contribution in [0.3, 0.4) is 0 Å². The van der Waals surface area contributed by atoms with E-state index in [1.807, 2.05) is 27.9 Å². The monoisotopic (exact) mass is 970 g/mol. The highest BCUT2D eigenvalue weighted by atomic mass is 32.2. The van der Waals surface area contributed by atoms with E-state index in [4.69, 9.17) is 34.2 Å². The summed E-state index contributed by atoms with van der Waals surface area (Å²) >= 11 is 0. The summed E-state index contributed by atoms with van der Waals surface area (Å²) in [6.45, 7) is 13.4. The van der Waals surface area contributed by atoms with Gasteiger partial charge in [-0.25, -0.2) is 0 Å². The van der Waals surface area contributed by atoms with Crippen LogP contribution in [0.4, 0.5) is 0 Å². The van der Waals surface area contributed by atoms with Gasteiger partial charge in [-0.15, -0.1) is 0 Å². The van der Waals surface area contributed by atoms with E-state index >= 15 is 4.79 Å². The van der Waals surface area contributed by atoms with Gasteiger partial charge in [0.1, 0.15) is 5.54 Å². The van der Waals surface area contributed by atoms with Crippen LogP contribution in [-0.2, 0) is 72.1 Å². The molecule has 5 unspecified atom stereocenters. The predicted molar refractivity (Wildman–Crippen MR) is 242 cm³/mol. The van der Waals surface area contributed by atoms with Crippen molar-refractivity contribution >= 4 is 51.7 Å². The van der Waals surface area contributed by atoms with Crippen molar-refractivity contribution in [3.8, 4) is 0 Å². The van der Waals surface area contributed by atoms with Crippen molar-refractivity contribution in [3.05, 3.63) is 0 Å². The molecule has 384 valence electrons. The van der Waals surface area contributed by atoms with E-state index in [1.54, 1.807) is 27.7 Å². The quantitative estimate of drug-likeness (QED) is 0.0195. The number of hydrogen-bond acceptors (Lipinski definition) is 15. The molecule has 3 amide bonds. The Kier molecular flexibility index (Phi) is 29.3. The molecule has 0 fully saturated rings. The van der Waals surface area contributed by atoms with Crippen LogP contribution in [0.1, 0.15) is 107 Å². The zero-order chi connectivity index (χ0) is 50.7. The van der Waals surface area contributed by atoms with Crippen molar-refractivity contribution in [1.82, 2.24) is 10.6 Å². The average Bonchev–Trinajstić information content (AvgIpc) is 3.19. The first-order chi connectivity index (χ1) is 30.7. The molecule has 0 aromatic carbocycles. The zero-order valence-corrected chi connectivity index (χ0v) is 41.8. The molecule has 0 aliphatic carbocycles. The van der Waals surface area contributed by atoms with E-state index in [9.17, 15) is 46.8 Å². The van der Waals surface area contributed by atoms with Gasteiger partial charge in [0.05, 0.1) is 123 Å². The Morgan fingerprint density at radius 2 is 1.05 bits per heavy atom. The fourth-order valence-electron chi connectivity index (χ4n) is 7.46. The Labute approximate surface area is 391 Å². The van der Waals surface area contributed by atoms with Gasteiger partial charge in [0.2, 0.25) is 17.7 Å². The molecule has 21 nitrogen and oxygen atoms in total. The molecule has 5 atom stereocenters. The number of carbonyl (C=O) groups is 7. The highest BCUT2D eigenvalue weighted by molar-refractivity contribution is 7.85. The lowest BCUT2D eigenvalue weighted by Gasteiger charge is -2.37. The third-order valence-electron chi connectivity index (χ3n) is 10.8. The highest BCUT2D eigenvalue weighted by Gasteiger charge is 2.41. The first kappa shape index (κ1) is 62.0. The van der Waals surface area contributed by atoms with E-state index in [1.165, 1.54) is 13.8 Å². The summed E-state index contributed by atoms with van der Waals surface area (Å²) in [7, 11) is -0.538. The summed E-state index contributed by atoms with van der Waals surface area (Å²) in [5.74, 6) is -10.6. The lowest BCUT2D eigenvalue weighted by atomic mass is 9.79. The van der Waals surface area contributed by atoms with Crippen molar-refractivity contribution in [1.29, 1.82) is 0 Å². The van der Waals surface area contributed by atoms with E-state index in [2.05, 4.69) is 10.6 Å². The summed E-state index contributed by atoms with van der Waals surface area (Å²) in [6.07, 6.45) is -0.986. The molecule has 6 N–H and O–H groups in total. The van der Waals surface area contributed by atoms with Gasteiger partial charge < -0.3 is 54.4 Å². The number of nitrogens with one attached hydrogen (secondary N) is 2. The number of carboxylic acid groups (broad SMARTS) is 1. The number of amides is 3. The average molecular weight is 970 g/mol. The minimum atomic E-state index is -4.56. The van der Waals surface area contributed by atoms with Gasteiger partial charge in [-0.05, 0) is 73.6 Å². The van der Waals surface area contributed by atoms with Gasteiger partial charge in [0.25, 0.3) is 10.1 Å². The van der Waals surface area contributed by atoms with Crippen LogP contribution in [0.15, 0.2) is 0 Å². The minimum Gasteiger partial charge on any atom is -0.481 e. The Morgan fingerprint density at radius 1 is 0.652 bits per heavy atom. The van der Waals surface area contributed by atoms with Gasteiger partial charge in [-0.1, -0.05) is 13.8 Å². The van der Waals surface area contributed by atoms with Gasteiger partial charge in [-0.3, -0.25) is 38.1 Å². The summed E-state index contributed by atoms with van der Waals surface area (Å²) in [4.78, 5) is 91.3. The molecule has 0 spiro atoms. The Bertz CT molecular complexity index is 1580. The number of rotatable bonds is 38. The molecular weight excluding hydrogens is 889 g/mol. The summed E-state index contributed by atoms with van der Waals surface area (Å²) < 4.78 is 67.0. The predicted octanol–water partition coefficient (Wildman–Crippen LogP) is 2.27. The van der Waals surface area contributed by atoms with Gasteiger partial charge in [0, 0.05) is 23.7 Å². The molecule has 0 saturated heterocycles. The van der Waals surface area contributed by atoms with Crippen molar-refractivity contribution in [3.63, 3.8) is 0 Å². The van der Waals surface area contributed by atoms with Gasteiger partial charge >= 0.3 is 23.9 Å². The number of aliphatic carboxylic acids is 1. The number of nitrogens with zero attached hydrogens (tertiary/aromatic N) is 1. The summed E-state index contributed by atoms with van der Waals surface area (Å²) in [5.41, 5.74) is 2.52. The first-order valence-corrected chi connectivity index (χ1v) is 24.4. The molecule has 0 rings (SSSR count). The standard InChI is InChI=1S/C44H80N4O17S/c1-11-32(39(45)52)23-35(42(55)56)25-34(24-33(22-31(6)26-48(9,10)12-2)40(53)46-43(7,8)30-66(57,58)59)41(54)47-44(27-60-19-16-36(49)63-13-3,28-61-20-17-37(50)64-14-4)29-62-21-18-38(51)65-15-5/h31-35H,11-30H2,1-10H3,(H5-,45,46,47,52,53,54,55,56,57,58,59)/p+1. The Morgan fingerprint density at radius 3 is 1.41 bits per heavy atom. The fraction of sp³-hybridized carbons (Fsp3) is 0.841. The second-order valence-electron chi connectivity index (χ2n) is 18.1. The topological polar surface area (TPSA) is 300 Å². The molecule has 0 saturated carbocycles. The molecule has 0 bridgehead atoms. The Balaban J connectivity index is 7.62. The van der Waals surface area contributed by atoms with Crippen LogP contribution in [0.25, 0.3) is 0 Å². The smallest absolute Gasteiger partial charge is 0.308 e. The lowest BCUT2D eigenvalue weighted by molar-refractivity contribution is -0.891. The molecule has 0 aliphatic rings. The molecule has 0 aliphatic heterocycles. The number of hydrogen-bond donors (Lipinski definition) is 5. The summed E-state index contributed by atoms with van der Waals surface area (Å²) in [6, 6.07) is 0. The van der Waals surface area contributed by atoms with Crippen LogP contribution >= 0.6 is 0 Å². The minimum absolute atomic E-state index is 0.129. The maximum absolute atomic E-state index is 15.0. The molecular formula is C44H81N4O17S+. The molecule has 22 heteroatoms. The molecule has 0 radical (unpaired) electrons. The van der Waals surface area contributed by atoms with Gasteiger partial charge in [0.15, 0.2) is 0 Å². The number of nitrogens with two attached hydrogens (primary N) is 1. The van der Waals surface area contributed by atoms with Crippen LogP contribution in [0, 0.1) is 29.6 Å². The normalized spacial score (nSPS) is 14.5. The number of esters is 3. The second-order valence-corrected chi connectivity index (χ2v) is 19.6. The number of primary amides is 1. The molecule has 0 aromatic rings. The maximum Gasteiger partial charge on any atom is 0.308 e. The zero-order valence-electron chi connectivity index (χ0n) is 41.0. The maximum atomic E-state index is 15.0. The number of quaternary nitrogens is 1. The molecule has 0 aromatic heterocycles. The van der Waals surface area contributed by atoms with Crippen LogP contribution in [0.5, 0.6) is 0 Å². The Hall–Kier alpha value is -3.96. The lowest BCUT2D eigenvalue weighted by Crippen LogP contribution is -2.60. The fourth-order valence-corrected chi connectivity index (χ4v) is 8.44. The largest absolute Gasteiger partial charge is 0.481 e. The van der Waals surface area contributed by atoms with Crippen molar-refractivity contribution in [2.24, 2.45) is 35.3 Å². The number of ether oxygens (including phenoxy) is 6. The molecule has 0 heterocycles. The van der Waals surface area contributed by atoms with Crippen molar-refractivity contribution < 1.29 is 84.5 Å². The van der Waals surface area contributed by atoms with Gasteiger partial charge in [-0.2, -0.15) is 8.42 Å². The third-order valence-corrected chi connectivity index (χ3v) is 11.9. The first-order valence-electron chi connectivity index (χ1n) is 22.8. The SMILES string of the molecule is CCOC(=O)CCOCC(COCCC(=O)OCC)(COCCC(=O)OCC)NC(=O)C(CC(CC(CC)C(N)=O)C(=O)O)CC(CC(C)C[N+](C)(C)CC)C(=O)NC(C)(C)CS(=O)(=O)O. The second kappa shape index (κ2) is 31.2. The van der Waals surface area contributed by atoms with E-state index < -0.39 is 92.2 Å². The van der Waals surface area contributed by atoms with Crippen molar-refractivity contribution in [2.75, 3.05) is 92.4 Å². The summed E-state index contributed by atoms with van der Waals surface area (Å²) in [5, 5.41) is 16.2. The van der Waals surface area contributed by atoms with E-state index in [0.29, 0.717) is 11.0 Å². The number of carbonyl (C=O) groups excluding carboxylic acids is 6. The van der Waals surface area contributed by atoms with E-state index in [0.717, 1.165) is 6.54 Å². The van der Waals surface area contributed by atoms with E-state index in [-0.39, 0.29) is 117 Å². The third kappa shape index (κ3) is 27.6. The van der Waals surface area contributed by atoms with Crippen LogP contribution in [-0.4, -0.2) is 168 Å². The highest BCUT2D eigenvalue weighted by Crippen LogP contribution is 2.31. The van der Waals surface area contributed by atoms with Crippen LogP contribution < -0.4 is 16.4 Å². The van der Waals surface area contributed by atoms with Crippen molar-refractivity contribution in [2.45, 2.75) is 118 Å². The molecule has 66 heavy (non-hydrogen) atoms.